The van der Waals surface area contributed by atoms with Crippen molar-refractivity contribution in [2.75, 3.05) is 6.54 Å². The lowest BCUT2D eigenvalue weighted by Crippen LogP contribution is -2.04. The Hall–Kier alpha value is -1.01. The van der Waals surface area contributed by atoms with E-state index < -0.39 is 0 Å². The van der Waals surface area contributed by atoms with E-state index in [0.29, 0.717) is 18.7 Å². The maximum absolute atomic E-state index is 5.39. The number of hydrogen-bond donors (Lipinski definition) is 1. The predicted octanol–water partition coefficient (Wildman–Crippen LogP) is 0.388. The predicted molar refractivity (Wildman–Crippen MR) is 51.2 cm³/mol. The zero-order chi connectivity index (χ0) is 9.26. The van der Waals surface area contributed by atoms with Crippen molar-refractivity contribution in [3.8, 4) is 0 Å². The molecule has 6 heteroatoms. The summed E-state index contributed by atoms with van der Waals surface area (Å²) in [6.45, 7) is 0.554. The fourth-order valence-corrected chi connectivity index (χ4v) is 1.33. The summed E-state index contributed by atoms with van der Waals surface area (Å²) in [5, 5.41) is 4.20. The van der Waals surface area contributed by atoms with Crippen LogP contribution in [0.2, 0.25) is 0 Å². The van der Waals surface area contributed by atoms with E-state index in [1.54, 1.807) is 10.7 Å². The molecule has 0 spiro atoms. The summed E-state index contributed by atoms with van der Waals surface area (Å²) in [4.78, 5) is 8.27. The largest absolute Gasteiger partial charge is 0.330 e. The first kappa shape index (κ1) is 8.58. The van der Waals surface area contributed by atoms with E-state index in [-0.39, 0.29) is 0 Å². The second-order valence-electron chi connectivity index (χ2n) is 2.58. The van der Waals surface area contributed by atoms with E-state index in [1.807, 2.05) is 6.20 Å². The highest BCUT2D eigenvalue weighted by atomic mass is 79.9. The molecule has 2 N–H and O–H groups in total. The summed E-state index contributed by atoms with van der Waals surface area (Å²) in [7, 11) is 0. The monoisotopic (exact) mass is 241 g/mol. The molecule has 0 aliphatic carbocycles. The van der Waals surface area contributed by atoms with E-state index >= 15 is 0 Å². The number of fused-ring (bicyclic) bond motifs is 1. The maximum atomic E-state index is 5.39. The van der Waals surface area contributed by atoms with E-state index in [9.17, 15) is 0 Å². The van der Waals surface area contributed by atoms with Gasteiger partial charge in [-0.1, -0.05) is 0 Å². The lowest BCUT2D eigenvalue weighted by Gasteiger charge is -1.89. The Kier molecular flexibility index (Phi) is 2.24. The SMILES string of the molecule is NCCc1nc2ncc(Br)cn2n1. The number of rotatable bonds is 2. The molecule has 0 aromatic carbocycles. The zero-order valence-corrected chi connectivity index (χ0v) is 8.40. The summed E-state index contributed by atoms with van der Waals surface area (Å²) in [6.07, 6.45) is 4.19. The topological polar surface area (TPSA) is 69.1 Å². The smallest absolute Gasteiger partial charge is 0.252 e. The number of nitrogens with zero attached hydrogens (tertiary/aromatic N) is 4. The standard InChI is InChI=1S/C7H8BrN5/c8-5-3-10-7-11-6(1-2-9)12-13(7)4-5/h3-4H,1-2,9H2. The minimum Gasteiger partial charge on any atom is -0.330 e. The van der Waals surface area contributed by atoms with Gasteiger partial charge in [-0.3, -0.25) is 0 Å². The highest BCUT2D eigenvalue weighted by Gasteiger charge is 2.02. The van der Waals surface area contributed by atoms with Gasteiger partial charge in [0.1, 0.15) is 0 Å². The third-order valence-electron chi connectivity index (χ3n) is 1.57. The van der Waals surface area contributed by atoms with E-state index in [2.05, 4.69) is 31.0 Å². The number of halogens is 1. The van der Waals surface area contributed by atoms with Crippen molar-refractivity contribution in [1.29, 1.82) is 0 Å². The zero-order valence-electron chi connectivity index (χ0n) is 6.81. The third kappa shape index (κ3) is 1.68. The molecule has 0 radical (unpaired) electrons. The average molecular weight is 242 g/mol. The van der Waals surface area contributed by atoms with Gasteiger partial charge < -0.3 is 5.73 Å². The van der Waals surface area contributed by atoms with Gasteiger partial charge in [-0.2, -0.15) is 4.98 Å². The van der Waals surface area contributed by atoms with Crippen molar-refractivity contribution in [2.45, 2.75) is 6.42 Å². The molecule has 2 aromatic rings. The minimum absolute atomic E-state index is 0.554. The number of aromatic nitrogens is 4. The van der Waals surface area contributed by atoms with Crippen molar-refractivity contribution in [3.05, 3.63) is 22.7 Å². The van der Waals surface area contributed by atoms with Gasteiger partial charge in [0.15, 0.2) is 5.82 Å². The molecule has 0 fully saturated rings. The summed E-state index contributed by atoms with van der Waals surface area (Å²) >= 11 is 3.30. The van der Waals surface area contributed by atoms with Crippen LogP contribution >= 0.6 is 15.9 Å². The van der Waals surface area contributed by atoms with Crippen LogP contribution in [0, 0.1) is 0 Å². The molecule has 0 aliphatic heterocycles. The molecule has 68 valence electrons. The second kappa shape index (κ2) is 3.39. The summed E-state index contributed by atoms with van der Waals surface area (Å²) in [5.74, 6) is 1.33. The van der Waals surface area contributed by atoms with Gasteiger partial charge in [0.2, 0.25) is 0 Å². The normalized spacial score (nSPS) is 10.9. The molecule has 0 saturated heterocycles. The van der Waals surface area contributed by atoms with Crippen LogP contribution in [0.15, 0.2) is 16.9 Å². The summed E-state index contributed by atoms with van der Waals surface area (Å²) in [6, 6.07) is 0. The first-order chi connectivity index (χ1) is 6.29. The van der Waals surface area contributed by atoms with Crippen LogP contribution in [-0.2, 0) is 6.42 Å². The van der Waals surface area contributed by atoms with Gasteiger partial charge in [0.25, 0.3) is 5.78 Å². The number of hydrogen-bond acceptors (Lipinski definition) is 4. The lowest BCUT2D eigenvalue weighted by molar-refractivity contribution is 0.840. The van der Waals surface area contributed by atoms with Gasteiger partial charge in [0, 0.05) is 18.8 Å². The van der Waals surface area contributed by atoms with Crippen molar-refractivity contribution < 1.29 is 0 Å². The van der Waals surface area contributed by atoms with E-state index in [0.717, 1.165) is 10.3 Å². The van der Waals surface area contributed by atoms with Crippen LogP contribution in [0.5, 0.6) is 0 Å². The molecule has 2 rings (SSSR count). The Morgan fingerprint density at radius 1 is 1.54 bits per heavy atom. The fourth-order valence-electron chi connectivity index (χ4n) is 1.04. The molecular formula is C7H8BrN5. The lowest BCUT2D eigenvalue weighted by atomic mass is 10.4. The molecule has 5 nitrogen and oxygen atoms in total. The van der Waals surface area contributed by atoms with E-state index in [1.165, 1.54) is 0 Å². The Bertz CT molecular complexity index is 424. The highest BCUT2D eigenvalue weighted by Crippen LogP contribution is 2.07. The number of nitrogens with two attached hydrogens (primary N) is 1. The molecule has 13 heavy (non-hydrogen) atoms. The molecule has 0 unspecified atom stereocenters. The first-order valence-electron chi connectivity index (χ1n) is 3.86. The van der Waals surface area contributed by atoms with Crippen LogP contribution < -0.4 is 5.73 Å². The Balaban J connectivity index is 2.49. The minimum atomic E-state index is 0.554. The van der Waals surface area contributed by atoms with Crippen LogP contribution in [0.3, 0.4) is 0 Å². The van der Waals surface area contributed by atoms with Crippen LogP contribution in [0.1, 0.15) is 5.82 Å². The molecule has 0 atom stereocenters. The summed E-state index contributed by atoms with van der Waals surface area (Å²) < 4.78 is 2.51. The van der Waals surface area contributed by atoms with Crippen LogP contribution in [0.25, 0.3) is 5.78 Å². The first-order valence-corrected chi connectivity index (χ1v) is 4.66. The van der Waals surface area contributed by atoms with Crippen molar-refractivity contribution in [2.24, 2.45) is 5.73 Å². The maximum Gasteiger partial charge on any atom is 0.252 e. The Morgan fingerprint density at radius 2 is 2.38 bits per heavy atom. The van der Waals surface area contributed by atoms with Gasteiger partial charge in [-0.15, -0.1) is 5.10 Å². The van der Waals surface area contributed by atoms with Gasteiger partial charge in [-0.05, 0) is 22.5 Å². The van der Waals surface area contributed by atoms with Gasteiger partial charge >= 0.3 is 0 Å². The molecule has 0 bridgehead atoms. The molecule has 0 aliphatic rings. The van der Waals surface area contributed by atoms with Crippen molar-refractivity contribution >= 4 is 21.7 Å². The molecule has 0 amide bonds. The third-order valence-corrected chi connectivity index (χ3v) is 1.98. The van der Waals surface area contributed by atoms with Gasteiger partial charge in [-0.25, -0.2) is 9.50 Å². The van der Waals surface area contributed by atoms with E-state index in [4.69, 9.17) is 5.73 Å². The molecular weight excluding hydrogens is 234 g/mol. The quantitative estimate of drug-likeness (QED) is 0.826. The molecule has 2 heterocycles. The molecule has 0 saturated carbocycles. The highest BCUT2D eigenvalue weighted by molar-refractivity contribution is 9.10. The Morgan fingerprint density at radius 3 is 3.15 bits per heavy atom. The van der Waals surface area contributed by atoms with Crippen molar-refractivity contribution in [3.63, 3.8) is 0 Å². The second-order valence-corrected chi connectivity index (χ2v) is 3.50. The van der Waals surface area contributed by atoms with Gasteiger partial charge in [0.05, 0.1) is 4.47 Å². The summed E-state index contributed by atoms with van der Waals surface area (Å²) in [5.41, 5.74) is 5.39. The van der Waals surface area contributed by atoms with Crippen LogP contribution in [-0.4, -0.2) is 26.1 Å². The average Bonchev–Trinajstić information content (AvgIpc) is 2.46. The Labute approximate surface area is 83.1 Å². The molecule has 2 aromatic heterocycles. The van der Waals surface area contributed by atoms with Crippen molar-refractivity contribution in [1.82, 2.24) is 19.6 Å². The van der Waals surface area contributed by atoms with Crippen LogP contribution in [0.4, 0.5) is 0 Å². The fraction of sp³-hybridized carbons (Fsp3) is 0.286.